The van der Waals surface area contributed by atoms with E-state index in [1.54, 1.807) is 11.3 Å². The van der Waals surface area contributed by atoms with Crippen LogP contribution in [0.2, 0.25) is 0 Å². The third-order valence-corrected chi connectivity index (χ3v) is 7.07. The third-order valence-electron chi connectivity index (χ3n) is 4.27. The number of sulfone groups is 1. The minimum atomic E-state index is -2.79. The highest BCUT2D eigenvalue weighted by molar-refractivity contribution is 7.91. The summed E-state index contributed by atoms with van der Waals surface area (Å²) in [6.45, 7) is 1.05. The summed E-state index contributed by atoms with van der Waals surface area (Å²) in [7, 11) is -0.650. The molecule has 1 aromatic heterocycles. The van der Waals surface area contributed by atoms with Crippen molar-refractivity contribution in [3.05, 3.63) is 21.9 Å². The molecule has 3 heterocycles. The van der Waals surface area contributed by atoms with Gasteiger partial charge in [0.15, 0.2) is 0 Å². The van der Waals surface area contributed by atoms with Crippen LogP contribution in [-0.2, 0) is 21.8 Å². The average molecular weight is 271 g/mol. The summed E-state index contributed by atoms with van der Waals surface area (Å²) in [4.78, 5) is 3.79. The summed E-state index contributed by atoms with van der Waals surface area (Å²) >= 11 is 1.80. The lowest BCUT2D eigenvalue weighted by Gasteiger charge is -2.47. The van der Waals surface area contributed by atoms with Gasteiger partial charge in [-0.25, -0.2) is 8.42 Å². The van der Waals surface area contributed by atoms with Crippen molar-refractivity contribution >= 4 is 21.2 Å². The fourth-order valence-electron chi connectivity index (χ4n) is 3.10. The SMILES string of the molecule is CN1CCc2ccsc2C12CCS(=O)(=O)CC2. The second kappa shape index (κ2) is 3.80. The molecule has 0 aromatic carbocycles. The number of nitrogens with zero attached hydrogens (tertiary/aromatic N) is 1. The van der Waals surface area contributed by atoms with Crippen LogP contribution in [0.5, 0.6) is 0 Å². The van der Waals surface area contributed by atoms with Gasteiger partial charge in [-0.1, -0.05) is 0 Å². The number of hydrogen-bond donors (Lipinski definition) is 0. The summed E-state index contributed by atoms with van der Waals surface area (Å²) in [5.74, 6) is 0.684. The monoisotopic (exact) mass is 271 g/mol. The molecule has 1 spiro atoms. The van der Waals surface area contributed by atoms with E-state index in [-0.39, 0.29) is 5.54 Å². The Morgan fingerprint density at radius 2 is 2.06 bits per heavy atom. The zero-order valence-electron chi connectivity index (χ0n) is 9.98. The Hall–Kier alpha value is -0.390. The first kappa shape index (κ1) is 11.7. The number of hydrogen-bond acceptors (Lipinski definition) is 4. The molecule has 0 unspecified atom stereocenters. The van der Waals surface area contributed by atoms with Crippen molar-refractivity contribution in [3.63, 3.8) is 0 Å². The quantitative estimate of drug-likeness (QED) is 0.720. The van der Waals surface area contributed by atoms with Gasteiger partial charge in [-0.2, -0.15) is 0 Å². The van der Waals surface area contributed by atoms with E-state index in [1.165, 1.54) is 10.4 Å². The lowest BCUT2D eigenvalue weighted by atomic mass is 9.83. The van der Waals surface area contributed by atoms with Crippen LogP contribution in [0.4, 0.5) is 0 Å². The van der Waals surface area contributed by atoms with Crippen molar-refractivity contribution in [2.75, 3.05) is 25.1 Å². The summed E-state index contributed by atoms with van der Waals surface area (Å²) in [6.07, 6.45) is 2.63. The van der Waals surface area contributed by atoms with Gasteiger partial charge in [-0.05, 0) is 43.3 Å². The van der Waals surface area contributed by atoms with Crippen LogP contribution in [0.15, 0.2) is 11.4 Å². The molecule has 1 saturated heterocycles. The van der Waals surface area contributed by atoms with Crippen molar-refractivity contribution in [1.82, 2.24) is 4.90 Å². The summed E-state index contributed by atoms with van der Waals surface area (Å²) in [5.41, 5.74) is 1.44. The predicted molar refractivity (Wildman–Crippen MR) is 70.2 cm³/mol. The van der Waals surface area contributed by atoms with Crippen LogP contribution in [0.25, 0.3) is 0 Å². The van der Waals surface area contributed by atoms with E-state index in [9.17, 15) is 8.42 Å². The molecule has 0 radical (unpaired) electrons. The standard InChI is InChI=1S/C12H17NO2S2/c1-13-6-2-10-3-7-16-11(10)12(13)4-8-17(14,15)9-5-12/h3,7H,2,4-6,8-9H2,1H3. The highest BCUT2D eigenvalue weighted by Crippen LogP contribution is 2.45. The van der Waals surface area contributed by atoms with Gasteiger partial charge < -0.3 is 0 Å². The van der Waals surface area contributed by atoms with Gasteiger partial charge in [0, 0.05) is 11.4 Å². The van der Waals surface area contributed by atoms with Crippen molar-refractivity contribution in [2.45, 2.75) is 24.8 Å². The Bertz CT molecular complexity index is 518. The molecule has 0 atom stereocenters. The van der Waals surface area contributed by atoms with Crippen LogP contribution in [0, 0.1) is 0 Å². The lowest BCUT2D eigenvalue weighted by Crippen LogP contribution is -2.52. The Morgan fingerprint density at radius 3 is 2.76 bits per heavy atom. The Balaban J connectivity index is 2.03. The van der Waals surface area contributed by atoms with Gasteiger partial charge in [0.05, 0.1) is 17.0 Å². The molecule has 0 N–H and O–H groups in total. The first-order valence-corrected chi connectivity index (χ1v) is 8.72. The summed E-state index contributed by atoms with van der Waals surface area (Å²) in [5, 5.41) is 2.15. The summed E-state index contributed by atoms with van der Waals surface area (Å²) < 4.78 is 23.2. The van der Waals surface area contributed by atoms with Crippen LogP contribution >= 0.6 is 11.3 Å². The molecule has 1 fully saturated rings. The van der Waals surface area contributed by atoms with E-state index in [0.717, 1.165) is 25.8 Å². The van der Waals surface area contributed by atoms with E-state index in [2.05, 4.69) is 23.4 Å². The maximum atomic E-state index is 11.6. The smallest absolute Gasteiger partial charge is 0.150 e. The Morgan fingerprint density at radius 1 is 1.35 bits per heavy atom. The van der Waals surface area contributed by atoms with E-state index in [1.807, 2.05) is 0 Å². The zero-order valence-corrected chi connectivity index (χ0v) is 11.6. The molecule has 3 rings (SSSR count). The van der Waals surface area contributed by atoms with Crippen molar-refractivity contribution in [3.8, 4) is 0 Å². The first-order valence-electron chi connectivity index (χ1n) is 6.02. The van der Waals surface area contributed by atoms with Crippen LogP contribution in [-0.4, -0.2) is 38.4 Å². The van der Waals surface area contributed by atoms with Crippen LogP contribution < -0.4 is 0 Å². The zero-order chi connectivity index (χ0) is 12.1. The third kappa shape index (κ3) is 1.75. The highest BCUT2D eigenvalue weighted by Gasteiger charge is 2.45. The maximum absolute atomic E-state index is 11.6. The molecule has 3 nitrogen and oxygen atoms in total. The molecule has 0 amide bonds. The van der Waals surface area contributed by atoms with Gasteiger partial charge in [0.25, 0.3) is 0 Å². The molecule has 94 valence electrons. The van der Waals surface area contributed by atoms with Crippen molar-refractivity contribution in [2.24, 2.45) is 0 Å². The molecular weight excluding hydrogens is 254 g/mol. The number of rotatable bonds is 0. The molecular formula is C12H17NO2S2. The van der Waals surface area contributed by atoms with Crippen LogP contribution in [0.3, 0.4) is 0 Å². The molecule has 0 saturated carbocycles. The lowest BCUT2D eigenvalue weighted by molar-refractivity contribution is 0.0963. The fraction of sp³-hybridized carbons (Fsp3) is 0.667. The van der Waals surface area contributed by atoms with Gasteiger partial charge in [0.1, 0.15) is 9.84 Å². The largest absolute Gasteiger partial charge is 0.296 e. The molecule has 0 bridgehead atoms. The number of fused-ring (bicyclic) bond motifs is 2. The Kier molecular flexibility index (Phi) is 2.61. The van der Waals surface area contributed by atoms with E-state index >= 15 is 0 Å². The number of thiophene rings is 1. The molecule has 1 aromatic rings. The maximum Gasteiger partial charge on any atom is 0.150 e. The second-order valence-corrected chi connectivity index (χ2v) is 8.35. The predicted octanol–water partition coefficient (Wildman–Crippen LogP) is 1.64. The minimum absolute atomic E-state index is 0.00701. The van der Waals surface area contributed by atoms with E-state index < -0.39 is 9.84 Å². The topological polar surface area (TPSA) is 37.4 Å². The van der Waals surface area contributed by atoms with Gasteiger partial charge in [-0.3, -0.25) is 4.90 Å². The van der Waals surface area contributed by atoms with Crippen LogP contribution in [0.1, 0.15) is 23.3 Å². The molecule has 2 aliphatic heterocycles. The van der Waals surface area contributed by atoms with Gasteiger partial charge in [0.2, 0.25) is 0 Å². The fourth-order valence-corrected chi connectivity index (χ4v) is 5.87. The summed E-state index contributed by atoms with van der Waals surface area (Å²) in [6, 6.07) is 2.21. The average Bonchev–Trinajstić information content (AvgIpc) is 2.75. The normalized spacial score (nSPS) is 26.9. The van der Waals surface area contributed by atoms with Gasteiger partial charge >= 0.3 is 0 Å². The molecule has 5 heteroatoms. The van der Waals surface area contributed by atoms with Gasteiger partial charge in [-0.15, -0.1) is 11.3 Å². The van der Waals surface area contributed by atoms with Crippen molar-refractivity contribution in [1.29, 1.82) is 0 Å². The first-order chi connectivity index (χ1) is 8.04. The Labute approximate surface area is 106 Å². The molecule has 2 aliphatic rings. The van der Waals surface area contributed by atoms with E-state index in [0.29, 0.717) is 11.5 Å². The molecule has 17 heavy (non-hydrogen) atoms. The second-order valence-electron chi connectivity index (χ2n) is 5.13. The molecule has 0 aliphatic carbocycles. The van der Waals surface area contributed by atoms with E-state index in [4.69, 9.17) is 0 Å². The van der Waals surface area contributed by atoms with Crippen molar-refractivity contribution < 1.29 is 8.42 Å². The minimum Gasteiger partial charge on any atom is -0.296 e. The number of likely N-dealkylation sites (N-methyl/N-ethyl adjacent to an activating group) is 1. The highest BCUT2D eigenvalue weighted by atomic mass is 32.2.